The summed E-state index contributed by atoms with van der Waals surface area (Å²) in [6, 6.07) is 7.09. The van der Waals surface area contributed by atoms with Gasteiger partial charge in [0.15, 0.2) is 9.84 Å². The fourth-order valence-electron chi connectivity index (χ4n) is 3.07. The zero-order chi connectivity index (χ0) is 14.8. The Balaban J connectivity index is 2.34. The SMILES string of the molecule is CCC1CCC(NC)C(S(=O)(=O)c2cccc(Br)c2)C1. The molecule has 3 nitrogen and oxygen atoms in total. The van der Waals surface area contributed by atoms with E-state index in [9.17, 15) is 8.42 Å². The Morgan fingerprint density at radius 2 is 2.10 bits per heavy atom. The van der Waals surface area contributed by atoms with Gasteiger partial charge in [-0.15, -0.1) is 0 Å². The molecule has 0 spiro atoms. The summed E-state index contributed by atoms with van der Waals surface area (Å²) in [6.45, 7) is 2.15. The molecule has 1 aliphatic carbocycles. The summed E-state index contributed by atoms with van der Waals surface area (Å²) in [6.07, 6.45) is 3.87. The fraction of sp³-hybridized carbons (Fsp3) is 0.600. The Morgan fingerprint density at radius 3 is 2.70 bits per heavy atom. The van der Waals surface area contributed by atoms with E-state index < -0.39 is 9.84 Å². The van der Waals surface area contributed by atoms with Crippen LogP contribution in [0.3, 0.4) is 0 Å². The van der Waals surface area contributed by atoms with Crippen molar-refractivity contribution in [2.75, 3.05) is 7.05 Å². The van der Waals surface area contributed by atoms with Gasteiger partial charge in [0.2, 0.25) is 0 Å². The number of nitrogens with one attached hydrogen (secondary N) is 1. The molecule has 0 saturated heterocycles. The van der Waals surface area contributed by atoms with Crippen LogP contribution in [0.2, 0.25) is 0 Å². The average molecular weight is 360 g/mol. The van der Waals surface area contributed by atoms with Gasteiger partial charge in [0, 0.05) is 10.5 Å². The monoisotopic (exact) mass is 359 g/mol. The van der Waals surface area contributed by atoms with Gasteiger partial charge in [-0.25, -0.2) is 8.42 Å². The molecule has 0 heterocycles. The molecule has 0 aromatic heterocycles. The normalized spacial score (nSPS) is 27.4. The van der Waals surface area contributed by atoms with Crippen molar-refractivity contribution in [3.63, 3.8) is 0 Å². The predicted molar refractivity (Wildman–Crippen MR) is 85.6 cm³/mol. The van der Waals surface area contributed by atoms with E-state index >= 15 is 0 Å². The second-order valence-electron chi connectivity index (χ2n) is 5.52. The molecule has 5 heteroatoms. The molecule has 1 saturated carbocycles. The van der Waals surface area contributed by atoms with E-state index in [-0.39, 0.29) is 11.3 Å². The lowest BCUT2D eigenvalue weighted by atomic mass is 9.84. The Labute approximate surface area is 130 Å². The minimum atomic E-state index is -3.28. The van der Waals surface area contributed by atoms with Crippen LogP contribution in [0, 0.1) is 5.92 Å². The van der Waals surface area contributed by atoms with Crippen molar-refractivity contribution < 1.29 is 8.42 Å². The van der Waals surface area contributed by atoms with Crippen LogP contribution in [0.4, 0.5) is 0 Å². The van der Waals surface area contributed by atoms with Crippen molar-refractivity contribution in [1.29, 1.82) is 0 Å². The number of halogens is 1. The van der Waals surface area contributed by atoms with E-state index in [1.165, 1.54) is 0 Å². The molecule has 1 N–H and O–H groups in total. The molecule has 1 aromatic rings. The summed E-state index contributed by atoms with van der Waals surface area (Å²) in [5.41, 5.74) is 0. The largest absolute Gasteiger partial charge is 0.316 e. The third-order valence-electron chi connectivity index (χ3n) is 4.37. The van der Waals surface area contributed by atoms with Crippen LogP contribution in [0.25, 0.3) is 0 Å². The standard InChI is InChI=1S/C15H22BrNO2S/c1-3-11-7-8-14(17-2)15(9-11)20(18,19)13-6-4-5-12(16)10-13/h4-6,10-11,14-15,17H,3,7-9H2,1-2H3. The van der Waals surface area contributed by atoms with Crippen molar-refractivity contribution in [1.82, 2.24) is 5.32 Å². The van der Waals surface area contributed by atoms with E-state index in [2.05, 4.69) is 28.2 Å². The van der Waals surface area contributed by atoms with Crippen LogP contribution in [-0.4, -0.2) is 26.8 Å². The lowest BCUT2D eigenvalue weighted by Crippen LogP contribution is -2.46. The highest BCUT2D eigenvalue weighted by Gasteiger charge is 2.38. The minimum absolute atomic E-state index is 0.0572. The Kier molecular flexibility index (Phi) is 5.26. The molecular weight excluding hydrogens is 338 g/mol. The summed E-state index contributed by atoms with van der Waals surface area (Å²) < 4.78 is 26.6. The highest BCUT2D eigenvalue weighted by atomic mass is 79.9. The molecular formula is C15H22BrNO2S. The van der Waals surface area contributed by atoms with E-state index in [1.54, 1.807) is 18.2 Å². The van der Waals surface area contributed by atoms with Crippen LogP contribution < -0.4 is 5.32 Å². The molecule has 3 atom stereocenters. The van der Waals surface area contributed by atoms with E-state index in [0.29, 0.717) is 10.8 Å². The van der Waals surface area contributed by atoms with Gasteiger partial charge in [-0.3, -0.25) is 0 Å². The smallest absolute Gasteiger partial charge is 0.182 e. The van der Waals surface area contributed by atoms with Crippen molar-refractivity contribution >= 4 is 25.8 Å². The zero-order valence-corrected chi connectivity index (χ0v) is 14.4. The lowest BCUT2D eigenvalue weighted by Gasteiger charge is -2.35. The van der Waals surface area contributed by atoms with Gasteiger partial charge in [0.05, 0.1) is 10.1 Å². The number of hydrogen-bond donors (Lipinski definition) is 1. The second-order valence-corrected chi connectivity index (χ2v) is 8.61. The Morgan fingerprint density at radius 1 is 1.35 bits per heavy atom. The molecule has 0 aliphatic heterocycles. The first-order valence-electron chi connectivity index (χ1n) is 7.15. The molecule has 1 aliphatic rings. The highest BCUT2D eigenvalue weighted by molar-refractivity contribution is 9.10. The van der Waals surface area contributed by atoms with Crippen molar-refractivity contribution in [3.8, 4) is 0 Å². The van der Waals surface area contributed by atoms with Crippen LogP contribution in [0.5, 0.6) is 0 Å². The Hall–Kier alpha value is -0.390. The van der Waals surface area contributed by atoms with Crippen LogP contribution in [0.15, 0.2) is 33.6 Å². The zero-order valence-electron chi connectivity index (χ0n) is 12.0. The van der Waals surface area contributed by atoms with Crippen LogP contribution >= 0.6 is 15.9 Å². The molecule has 0 radical (unpaired) electrons. The number of benzene rings is 1. The molecule has 0 bridgehead atoms. The van der Waals surface area contributed by atoms with Gasteiger partial charge in [0.1, 0.15) is 0 Å². The third-order valence-corrected chi connectivity index (χ3v) is 7.09. The molecule has 20 heavy (non-hydrogen) atoms. The summed E-state index contributed by atoms with van der Waals surface area (Å²) in [5, 5.41) is 2.88. The molecule has 3 unspecified atom stereocenters. The lowest BCUT2D eigenvalue weighted by molar-refractivity contribution is 0.296. The summed E-state index contributed by atoms with van der Waals surface area (Å²) >= 11 is 3.36. The first-order chi connectivity index (χ1) is 9.48. The summed E-state index contributed by atoms with van der Waals surface area (Å²) in [5.74, 6) is 0.520. The van der Waals surface area contributed by atoms with Gasteiger partial charge < -0.3 is 5.32 Å². The van der Waals surface area contributed by atoms with Crippen molar-refractivity contribution in [3.05, 3.63) is 28.7 Å². The third kappa shape index (κ3) is 3.26. The summed E-state index contributed by atoms with van der Waals surface area (Å²) in [7, 11) is -1.42. The maximum absolute atomic E-state index is 12.9. The minimum Gasteiger partial charge on any atom is -0.316 e. The van der Waals surface area contributed by atoms with E-state index in [0.717, 1.165) is 30.2 Å². The fourth-order valence-corrected chi connectivity index (χ4v) is 5.76. The van der Waals surface area contributed by atoms with Crippen LogP contribution in [-0.2, 0) is 9.84 Å². The van der Waals surface area contributed by atoms with Gasteiger partial charge in [-0.05, 0) is 50.4 Å². The van der Waals surface area contributed by atoms with Crippen LogP contribution in [0.1, 0.15) is 32.6 Å². The quantitative estimate of drug-likeness (QED) is 0.895. The molecule has 2 rings (SSSR count). The maximum atomic E-state index is 12.9. The summed E-state index contributed by atoms with van der Waals surface area (Å²) in [4.78, 5) is 0.425. The highest BCUT2D eigenvalue weighted by Crippen LogP contribution is 2.34. The first kappa shape index (κ1) is 16.0. The predicted octanol–water partition coefficient (Wildman–Crippen LogP) is 3.39. The van der Waals surface area contributed by atoms with Crippen molar-refractivity contribution in [2.24, 2.45) is 5.92 Å². The number of hydrogen-bond acceptors (Lipinski definition) is 3. The number of rotatable bonds is 4. The Bertz CT molecular complexity index is 559. The maximum Gasteiger partial charge on any atom is 0.182 e. The van der Waals surface area contributed by atoms with Gasteiger partial charge in [-0.1, -0.05) is 35.3 Å². The first-order valence-corrected chi connectivity index (χ1v) is 9.49. The van der Waals surface area contributed by atoms with E-state index in [1.807, 2.05) is 13.1 Å². The molecule has 1 fully saturated rings. The van der Waals surface area contributed by atoms with E-state index in [4.69, 9.17) is 0 Å². The topological polar surface area (TPSA) is 46.2 Å². The molecule has 112 valence electrons. The second kappa shape index (κ2) is 6.58. The van der Waals surface area contributed by atoms with Gasteiger partial charge in [-0.2, -0.15) is 0 Å². The van der Waals surface area contributed by atoms with Gasteiger partial charge >= 0.3 is 0 Å². The number of sulfone groups is 1. The van der Waals surface area contributed by atoms with Crippen molar-refractivity contribution in [2.45, 2.75) is 48.8 Å². The van der Waals surface area contributed by atoms with Gasteiger partial charge in [0.25, 0.3) is 0 Å². The average Bonchev–Trinajstić information content (AvgIpc) is 2.46. The molecule has 0 amide bonds. The molecule has 1 aromatic carbocycles.